The van der Waals surface area contributed by atoms with Crippen molar-refractivity contribution in [2.75, 3.05) is 5.32 Å². The highest BCUT2D eigenvalue weighted by molar-refractivity contribution is 6.35. The van der Waals surface area contributed by atoms with E-state index in [9.17, 15) is 4.79 Å². The van der Waals surface area contributed by atoms with Crippen molar-refractivity contribution < 1.29 is 4.79 Å². The van der Waals surface area contributed by atoms with Gasteiger partial charge < -0.3 is 5.32 Å². The van der Waals surface area contributed by atoms with Crippen LogP contribution >= 0.6 is 23.2 Å². The summed E-state index contributed by atoms with van der Waals surface area (Å²) in [7, 11) is 0. The molecule has 0 aliphatic carbocycles. The Bertz CT molecular complexity index is 821. The third-order valence-electron chi connectivity index (χ3n) is 2.86. The van der Waals surface area contributed by atoms with Crippen molar-refractivity contribution in [3.63, 3.8) is 0 Å². The lowest BCUT2D eigenvalue weighted by atomic mass is 10.1. The molecule has 0 bridgehead atoms. The van der Waals surface area contributed by atoms with Crippen LogP contribution < -0.4 is 5.32 Å². The maximum atomic E-state index is 12.3. The van der Waals surface area contributed by atoms with Crippen molar-refractivity contribution in [2.45, 2.75) is 0 Å². The van der Waals surface area contributed by atoms with E-state index in [1.807, 2.05) is 24.3 Å². The lowest BCUT2D eigenvalue weighted by molar-refractivity contribution is 0.102. The highest BCUT2D eigenvalue weighted by atomic mass is 35.5. The zero-order valence-corrected chi connectivity index (χ0v) is 12.1. The van der Waals surface area contributed by atoms with Crippen molar-refractivity contribution in [1.29, 1.82) is 0 Å². The molecule has 104 valence electrons. The van der Waals surface area contributed by atoms with Crippen LogP contribution in [0.5, 0.6) is 0 Å². The summed E-state index contributed by atoms with van der Waals surface area (Å²) in [5.74, 6) is -0.0320. The predicted molar refractivity (Wildman–Crippen MR) is 81.7 cm³/mol. The summed E-state index contributed by atoms with van der Waals surface area (Å²) in [5, 5.41) is 12.1. The average molecular weight is 319 g/mol. The SMILES string of the molecule is O=C(Nc1ccc(Cl)nn1)c1cnc(Cl)c2ccccc12. The number of pyridine rings is 1. The molecule has 1 amide bonds. The second-order valence-electron chi connectivity index (χ2n) is 4.20. The van der Waals surface area contributed by atoms with E-state index in [2.05, 4.69) is 20.5 Å². The van der Waals surface area contributed by atoms with Gasteiger partial charge in [-0.2, -0.15) is 0 Å². The molecule has 0 spiro atoms. The van der Waals surface area contributed by atoms with Crippen LogP contribution in [0, 0.1) is 0 Å². The minimum atomic E-state index is -0.341. The molecule has 21 heavy (non-hydrogen) atoms. The second kappa shape index (κ2) is 5.63. The smallest absolute Gasteiger partial charge is 0.259 e. The van der Waals surface area contributed by atoms with E-state index in [0.29, 0.717) is 21.9 Å². The molecule has 5 nitrogen and oxygen atoms in total. The van der Waals surface area contributed by atoms with Crippen molar-refractivity contribution in [2.24, 2.45) is 0 Å². The molecule has 0 unspecified atom stereocenters. The van der Waals surface area contributed by atoms with Crippen molar-refractivity contribution >= 4 is 45.7 Å². The number of nitrogens with one attached hydrogen (secondary N) is 1. The minimum absolute atomic E-state index is 0.256. The number of halogens is 2. The Balaban J connectivity index is 1.98. The predicted octanol–water partition coefficient (Wildman–Crippen LogP) is 3.58. The van der Waals surface area contributed by atoms with Crippen LogP contribution in [-0.4, -0.2) is 21.1 Å². The van der Waals surface area contributed by atoms with Crippen LogP contribution in [0.15, 0.2) is 42.6 Å². The quantitative estimate of drug-likeness (QED) is 0.733. The fourth-order valence-corrected chi connectivity index (χ4v) is 2.22. The monoisotopic (exact) mass is 318 g/mol. The van der Waals surface area contributed by atoms with E-state index >= 15 is 0 Å². The van der Waals surface area contributed by atoms with Gasteiger partial charge in [0.2, 0.25) is 0 Å². The number of benzene rings is 1. The maximum Gasteiger partial charge on any atom is 0.259 e. The number of aromatic nitrogens is 3. The maximum absolute atomic E-state index is 12.3. The number of rotatable bonds is 2. The molecule has 2 heterocycles. The van der Waals surface area contributed by atoms with Gasteiger partial charge in [0, 0.05) is 11.6 Å². The summed E-state index contributed by atoms with van der Waals surface area (Å²) in [4.78, 5) is 16.4. The number of anilines is 1. The van der Waals surface area contributed by atoms with E-state index < -0.39 is 0 Å². The summed E-state index contributed by atoms with van der Waals surface area (Å²) in [6.45, 7) is 0. The molecule has 3 aromatic rings. The first-order valence-electron chi connectivity index (χ1n) is 5.99. The standard InChI is InChI=1S/C14H8Cl2N4O/c15-11-5-6-12(20-19-11)18-14(21)10-7-17-13(16)9-4-2-1-3-8(9)10/h1-7H,(H,18,20,21). The zero-order valence-electron chi connectivity index (χ0n) is 10.5. The third kappa shape index (κ3) is 2.79. The molecule has 0 radical (unpaired) electrons. The average Bonchev–Trinajstić information content (AvgIpc) is 2.50. The van der Waals surface area contributed by atoms with Crippen molar-refractivity contribution in [3.8, 4) is 0 Å². The van der Waals surface area contributed by atoms with Crippen LogP contribution in [0.3, 0.4) is 0 Å². The van der Waals surface area contributed by atoms with Gasteiger partial charge >= 0.3 is 0 Å². The van der Waals surface area contributed by atoms with Gasteiger partial charge in [0.05, 0.1) is 5.56 Å². The summed E-state index contributed by atoms with van der Waals surface area (Å²) in [6, 6.07) is 10.4. The topological polar surface area (TPSA) is 67.8 Å². The normalized spacial score (nSPS) is 10.6. The fraction of sp³-hybridized carbons (Fsp3) is 0. The Labute approximate surface area is 129 Å². The minimum Gasteiger partial charge on any atom is -0.305 e. The van der Waals surface area contributed by atoms with Gasteiger partial charge in [-0.05, 0) is 17.5 Å². The lowest BCUT2D eigenvalue weighted by Gasteiger charge is -2.07. The molecule has 1 aromatic carbocycles. The third-order valence-corrected chi connectivity index (χ3v) is 3.37. The van der Waals surface area contributed by atoms with Crippen LogP contribution in [0.1, 0.15) is 10.4 Å². The highest BCUT2D eigenvalue weighted by Crippen LogP contribution is 2.24. The Kier molecular flexibility index (Phi) is 3.68. The van der Waals surface area contributed by atoms with E-state index in [0.717, 1.165) is 5.39 Å². The van der Waals surface area contributed by atoms with Crippen LogP contribution in [-0.2, 0) is 0 Å². The van der Waals surface area contributed by atoms with Crippen molar-refractivity contribution in [3.05, 3.63) is 58.5 Å². The van der Waals surface area contributed by atoms with Gasteiger partial charge in [0.1, 0.15) is 5.15 Å². The molecule has 0 aliphatic rings. The van der Waals surface area contributed by atoms with Crippen LogP contribution in [0.25, 0.3) is 10.8 Å². The van der Waals surface area contributed by atoms with E-state index in [1.54, 1.807) is 12.1 Å². The highest BCUT2D eigenvalue weighted by Gasteiger charge is 2.13. The summed E-state index contributed by atoms with van der Waals surface area (Å²) in [6.07, 6.45) is 1.43. The van der Waals surface area contributed by atoms with Gasteiger partial charge in [-0.1, -0.05) is 47.5 Å². The van der Waals surface area contributed by atoms with Gasteiger partial charge in [0.25, 0.3) is 5.91 Å². The van der Waals surface area contributed by atoms with E-state index in [1.165, 1.54) is 6.20 Å². The number of fused-ring (bicyclic) bond motifs is 1. The summed E-state index contributed by atoms with van der Waals surface area (Å²) < 4.78 is 0. The first kappa shape index (κ1) is 13.7. The number of hydrogen-bond acceptors (Lipinski definition) is 4. The molecule has 7 heteroatoms. The van der Waals surface area contributed by atoms with E-state index in [-0.39, 0.29) is 11.1 Å². The fourth-order valence-electron chi connectivity index (χ4n) is 1.91. The number of amides is 1. The summed E-state index contributed by atoms with van der Waals surface area (Å²) in [5.41, 5.74) is 0.409. The Morgan fingerprint density at radius 1 is 1.00 bits per heavy atom. The van der Waals surface area contributed by atoms with Gasteiger partial charge in [0.15, 0.2) is 11.0 Å². The Hall–Kier alpha value is -2.24. The molecule has 0 saturated heterocycles. The second-order valence-corrected chi connectivity index (χ2v) is 4.95. The largest absolute Gasteiger partial charge is 0.305 e. The van der Waals surface area contributed by atoms with Crippen LogP contribution in [0.4, 0.5) is 5.82 Å². The van der Waals surface area contributed by atoms with Gasteiger partial charge in [-0.15, -0.1) is 10.2 Å². The molecule has 0 aliphatic heterocycles. The Morgan fingerprint density at radius 2 is 1.76 bits per heavy atom. The lowest BCUT2D eigenvalue weighted by Crippen LogP contribution is -2.14. The molecular weight excluding hydrogens is 311 g/mol. The molecule has 0 atom stereocenters. The number of carbonyl (C=O) groups excluding carboxylic acids is 1. The van der Waals surface area contributed by atoms with Gasteiger partial charge in [-0.25, -0.2) is 4.98 Å². The van der Waals surface area contributed by atoms with Crippen LogP contribution in [0.2, 0.25) is 10.3 Å². The molecule has 0 saturated carbocycles. The first-order valence-corrected chi connectivity index (χ1v) is 6.74. The Morgan fingerprint density at radius 3 is 2.48 bits per heavy atom. The van der Waals surface area contributed by atoms with Crippen molar-refractivity contribution in [1.82, 2.24) is 15.2 Å². The number of nitrogens with zero attached hydrogens (tertiary/aromatic N) is 3. The number of hydrogen-bond donors (Lipinski definition) is 1. The van der Waals surface area contributed by atoms with E-state index in [4.69, 9.17) is 23.2 Å². The summed E-state index contributed by atoms with van der Waals surface area (Å²) >= 11 is 11.7. The number of carbonyl (C=O) groups is 1. The zero-order chi connectivity index (χ0) is 14.8. The molecule has 0 fully saturated rings. The molecule has 2 aromatic heterocycles. The van der Waals surface area contributed by atoms with Gasteiger partial charge in [-0.3, -0.25) is 4.79 Å². The first-order chi connectivity index (χ1) is 10.1. The molecule has 3 rings (SSSR count). The molecule has 1 N–H and O–H groups in total. The molecular formula is C14H8Cl2N4O.